The molecule has 0 aromatic carbocycles. The Balaban J connectivity index is 1.88. The highest BCUT2D eigenvalue weighted by Gasteiger charge is 2.28. The van der Waals surface area contributed by atoms with E-state index in [0.29, 0.717) is 24.9 Å². The Hall–Kier alpha value is -0.610. The first-order valence-electron chi connectivity index (χ1n) is 7.96. The SMILES string of the molecule is CC1CCCCN1C(CN)CC(=O)N1CCCCC1. The van der Waals surface area contributed by atoms with E-state index in [4.69, 9.17) is 5.73 Å². The first kappa shape index (κ1) is 14.8. The normalized spacial score (nSPS) is 27.3. The van der Waals surface area contributed by atoms with Crippen molar-refractivity contribution in [3.8, 4) is 0 Å². The summed E-state index contributed by atoms with van der Waals surface area (Å²) in [4.78, 5) is 16.9. The average Bonchev–Trinajstić information content (AvgIpc) is 2.46. The third kappa shape index (κ3) is 3.93. The highest BCUT2D eigenvalue weighted by Crippen LogP contribution is 2.21. The summed E-state index contributed by atoms with van der Waals surface area (Å²) in [7, 11) is 0. The number of amides is 1. The quantitative estimate of drug-likeness (QED) is 0.841. The molecule has 0 aromatic heterocycles. The summed E-state index contributed by atoms with van der Waals surface area (Å²) in [5, 5.41) is 0. The fourth-order valence-electron chi connectivity index (χ4n) is 3.47. The van der Waals surface area contributed by atoms with E-state index < -0.39 is 0 Å². The minimum absolute atomic E-state index is 0.240. The zero-order valence-electron chi connectivity index (χ0n) is 12.3. The van der Waals surface area contributed by atoms with Crippen molar-refractivity contribution < 1.29 is 4.79 Å². The molecule has 0 saturated carbocycles. The van der Waals surface area contributed by atoms with E-state index in [1.54, 1.807) is 0 Å². The van der Waals surface area contributed by atoms with Gasteiger partial charge >= 0.3 is 0 Å². The molecule has 110 valence electrons. The van der Waals surface area contributed by atoms with E-state index >= 15 is 0 Å². The van der Waals surface area contributed by atoms with Gasteiger partial charge in [0.25, 0.3) is 0 Å². The van der Waals surface area contributed by atoms with Crippen LogP contribution in [0.25, 0.3) is 0 Å². The van der Waals surface area contributed by atoms with E-state index in [1.807, 2.05) is 4.90 Å². The summed E-state index contributed by atoms with van der Waals surface area (Å²) in [6, 6.07) is 0.821. The Morgan fingerprint density at radius 2 is 1.84 bits per heavy atom. The minimum atomic E-state index is 0.240. The van der Waals surface area contributed by atoms with E-state index in [9.17, 15) is 4.79 Å². The molecule has 2 rings (SSSR count). The second-order valence-electron chi connectivity index (χ2n) is 6.12. The third-order valence-corrected chi connectivity index (χ3v) is 4.71. The van der Waals surface area contributed by atoms with Crippen molar-refractivity contribution in [2.75, 3.05) is 26.2 Å². The molecule has 2 saturated heterocycles. The van der Waals surface area contributed by atoms with Crippen LogP contribution in [0.5, 0.6) is 0 Å². The molecule has 2 heterocycles. The van der Waals surface area contributed by atoms with Gasteiger partial charge in [0.15, 0.2) is 0 Å². The van der Waals surface area contributed by atoms with Crippen molar-refractivity contribution in [2.24, 2.45) is 5.73 Å². The summed E-state index contributed by atoms with van der Waals surface area (Å²) < 4.78 is 0. The summed E-state index contributed by atoms with van der Waals surface area (Å²) in [6.07, 6.45) is 8.02. The zero-order chi connectivity index (χ0) is 13.7. The fourth-order valence-corrected chi connectivity index (χ4v) is 3.47. The van der Waals surface area contributed by atoms with Gasteiger partial charge in [-0.2, -0.15) is 0 Å². The lowest BCUT2D eigenvalue weighted by molar-refractivity contribution is -0.133. The van der Waals surface area contributed by atoms with Gasteiger partial charge in [-0.05, 0) is 45.6 Å². The molecule has 0 spiro atoms. The van der Waals surface area contributed by atoms with Crippen LogP contribution in [0.1, 0.15) is 51.9 Å². The van der Waals surface area contributed by atoms with Gasteiger partial charge in [-0.1, -0.05) is 6.42 Å². The van der Waals surface area contributed by atoms with Gasteiger partial charge in [0.05, 0.1) is 0 Å². The first-order chi connectivity index (χ1) is 9.22. The highest BCUT2D eigenvalue weighted by molar-refractivity contribution is 5.77. The molecule has 2 fully saturated rings. The lowest BCUT2D eigenvalue weighted by Crippen LogP contribution is -2.50. The summed E-state index contributed by atoms with van der Waals surface area (Å²) in [5.74, 6) is 0.313. The summed E-state index contributed by atoms with van der Waals surface area (Å²) >= 11 is 0. The molecule has 0 aliphatic carbocycles. The Labute approximate surface area is 117 Å². The van der Waals surface area contributed by atoms with E-state index in [-0.39, 0.29) is 6.04 Å². The highest BCUT2D eigenvalue weighted by atomic mass is 16.2. The third-order valence-electron chi connectivity index (χ3n) is 4.71. The minimum Gasteiger partial charge on any atom is -0.343 e. The van der Waals surface area contributed by atoms with Gasteiger partial charge in [-0.15, -0.1) is 0 Å². The molecule has 0 radical (unpaired) electrons. The molecule has 2 aliphatic heterocycles. The van der Waals surface area contributed by atoms with E-state index in [2.05, 4.69) is 11.8 Å². The molecular weight excluding hydrogens is 238 g/mol. The summed E-state index contributed by atoms with van der Waals surface area (Å²) in [5.41, 5.74) is 5.93. The van der Waals surface area contributed by atoms with Crippen molar-refractivity contribution >= 4 is 5.91 Å². The van der Waals surface area contributed by atoms with Gasteiger partial charge in [0, 0.05) is 38.1 Å². The molecule has 2 aliphatic rings. The van der Waals surface area contributed by atoms with Crippen LogP contribution in [0.15, 0.2) is 0 Å². The topological polar surface area (TPSA) is 49.6 Å². The van der Waals surface area contributed by atoms with Crippen LogP contribution in [-0.4, -0.2) is 54.0 Å². The smallest absolute Gasteiger partial charge is 0.224 e. The zero-order valence-corrected chi connectivity index (χ0v) is 12.3. The van der Waals surface area contributed by atoms with Crippen LogP contribution in [0.2, 0.25) is 0 Å². The van der Waals surface area contributed by atoms with Crippen LogP contribution >= 0.6 is 0 Å². The standard InChI is InChI=1S/C15H29N3O/c1-13-7-3-6-10-18(13)14(12-16)11-15(19)17-8-4-2-5-9-17/h13-14H,2-12,16H2,1H3. The predicted molar refractivity (Wildman–Crippen MR) is 77.9 cm³/mol. The van der Waals surface area contributed by atoms with Gasteiger partial charge in [-0.3, -0.25) is 9.69 Å². The Kier molecular flexibility index (Phi) is 5.64. The van der Waals surface area contributed by atoms with E-state index in [0.717, 1.165) is 19.6 Å². The van der Waals surface area contributed by atoms with Crippen LogP contribution < -0.4 is 5.73 Å². The second kappa shape index (κ2) is 7.25. The monoisotopic (exact) mass is 267 g/mol. The van der Waals surface area contributed by atoms with Crippen LogP contribution in [0.3, 0.4) is 0 Å². The molecule has 19 heavy (non-hydrogen) atoms. The largest absolute Gasteiger partial charge is 0.343 e. The van der Waals surface area contributed by atoms with Crippen LogP contribution in [0, 0.1) is 0 Å². The van der Waals surface area contributed by atoms with Gasteiger partial charge < -0.3 is 10.6 Å². The van der Waals surface area contributed by atoms with Gasteiger partial charge in [0.2, 0.25) is 5.91 Å². The maximum Gasteiger partial charge on any atom is 0.224 e. The maximum absolute atomic E-state index is 12.4. The van der Waals surface area contributed by atoms with Gasteiger partial charge in [0.1, 0.15) is 0 Å². The average molecular weight is 267 g/mol. The predicted octanol–water partition coefficient (Wildman–Crippen LogP) is 1.59. The molecule has 0 bridgehead atoms. The molecule has 4 heteroatoms. The number of carbonyl (C=O) groups excluding carboxylic acids is 1. The Morgan fingerprint density at radius 1 is 1.16 bits per heavy atom. The number of nitrogens with two attached hydrogens (primary N) is 1. The van der Waals surface area contributed by atoms with Crippen LogP contribution in [0.4, 0.5) is 0 Å². The Bertz CT molecular complexity index is 289. The van der Waals surface area contributed by atoms with E-state index in [1.165, 1.54) is 38.5 Å². The summed E-state index contributed by atoms with van der Waals surface area (Å²) in [6.45, 7) is 5.88. The number of hydrogen-bond donors (Lipinski definition) is 1. The molecule has 2 N–H and O–H groups in total. The van der Waals surface area contributed by atoms with Crippen molar-refractivity contribution in [1.29, 1.82) is 0 Å². The molecule has 2 atom stereocenters. The molecular formula is C15H29N3O. The van der Waals surface area contributed by atoms with Crippen molar-refractivity contribution in [3.63, 3.8) is 0 Å². The van der Waals surface area contributed by atoms with Crippen molar-refractivity contribution in [1.82, 2.24) is 9.80 Å². The Morgan fingerprint density at radius 3 is 2.47 bits per heavy atom. The number of piperidine rings is 2. The number of likely N-dealkylation sites (tertiary alicyclic amines) is 2. The number of carbonyl (C=O) groups is 1. The van der Waals surface area contributed by atoms with Crippen LogP contribution in [-0.2, 0) is 4.79 Å². The lowest BCUT2D eigenvalue weighted by Gasteiger charge is -2.40. The molecule has 4 nitrogen and oxygen atoms in total. The maximum atomic E-state index is 12.4. The van der Waals surface area contributed by atoms with Crippen molar-refractivity contribution in [3.05, 3.63) is 0 Å². The second-order valence-corrected chi connectivity index (χ2v) is 6.12. The van der Waals surface area contributed by atoms with Crippen molar-refractivity contribution in [2.45, 2.75) is 64.0 Å². The lowest BCUT2D eigenvalue weighted by atomic mass is 9.99. The fraction of sp³-hybridized carbons (Fsp3) is 0.933. The molecule has 2 unspecified atom stereocenters. The number of rotatable bonds is 4. The first-order valence-corrected chi connectivity index (χ1v) is 7.96. The number of hydrogen-bond acceptors (Lipinski definition) is 3. The molecule has 0 aromatic rings. The van der Waals surface area contributed by atoms with Gasteiger partial charge in [-0.25, -0.2) is 0 Å². The molecule has 1 amide bonds. The number of nitrogens with zero attached hydrogens (tertiary/aromatic N) is 2.